The fraction of sp³-hybridized carbons (Fsp3) is 0.148. The maximum atomic E-state index is 12.7. The SMILES string of the molecule is CCOC(=O)c1cnn(-c2cc(C)c3ccccc3n2)c1Nc1ccc(-c2ccc(OC)cc2)nn1. The highest BCUT2D eigenvalue weighted by molar-refractivity contribution is 5.95. The van der Waals surface area contributed by atoms with Crippen LogP contribution in [-0.4, -0.2) is 44.6 Å². The minimum Gasteiger partial charge on any atom is -0.497 e. The first-order chi connectivity index (χ1) is 17.6. The molecule has 5 aromatic rings. The van der Waals surface area contributed by atoms with Crippen molar-refractivity contribution in [3.8, 4) is 22.8 Å². The first-order valence-electron chi connectivity index (χ1n) is 11.4. The number of benzene rings is 2. The third-order valence-corrected chi connectivity index (χ3v) is 5.69. The molecule has 0 aliphatic carbocycles. The Labute approximate surface area is 207 Å². The Morgan fingerprint density at radius 1 is 1.03 bits per heavy atom. The second kappa shape index (κ2) is 9.83. The van der Waals surface area contributed by atoms with Gasteiger partial charge in [0.2, 0.25) is 0 Å². The van der Waals surface area contributed by atoms with Crippen molar-refractivity contribution in [3.05, 3.63) is 84.1 Å². The number of ether oxygens (including phenoxy) is 2. The van der Waals surface area contributed by atoms with Crippen molar-refractivity contribution < 1.29 is 14.3 Å². The highest BCUT2D eigenvalue weighted by atomic mass is 16.5. The van der Waals surface area contributed by atoms with E-state index in [4.69, 9.17) is 14.5 Å². The number of nitrogens with one attached hydrogen (secondary N) is 1. The molecule has 2 aromatic carbocycles. The lowest BCUT2D eigenvalue weighted by Crippen LogP contribution is -2.11. The van der Waals surface area contributed by atoms with Crippen LogP contribution in [0, 0.1) is 6.92 Å². The molecule has 0 radical (unpaired) electrons. The van der Waals surface area contributed by atoms with Gasteiger partial charge in [-0.15, -0.1) is 10.2 Å². The maximum absolute atomic E-state index is 12.7. The summed E-state index contributed by atoms with van der Waals surface area (Å²) in [6.07, 6.45) is 1.46. The van der Waals surface area contributed by atoms with E-state index in [0.29, 0.717) is 23.1 Å². The highest BCUT2D eigenvalue weighted by Crippen LogP contribution is 2.27. The molecular formula is C27H24N6O3. The molecule has 0 spiro atoms. The Hall–Kier alpha value is -4.79. The van der Waals surface area contributed by atoms with E-state index in [-0.39, 0.29) is 12.2 Å². The second-order valence-electron chi connectivity index (χ2n) is 8.01. The van der Waals surface area contributed by atoms with Crippen molar-refractivity contribution in [3.63, 3.8) is 0 Å². The van der Waals surface area contributed by atoms with Crippen LogP contribution in [0.4, 0.5) is 11.6 Å². The fourth-order valence-corrected chi connectivity index (χ4v) is 3.88. The fourth-order valence-electron chi connectivity index (χ4n) is 3.88. The van der Waals surface area contributed by atoms with E-state index in [9.17, 15) is 4.79 Å². The van der Waals surface area contributed by atoms with Crippen LogP contribution in [0.25, 0.3) is 28.0 Å². The number of carbonyl (C=O) groups is 1. The van der Waals surface area contributed by atoms with Gasteiger partial charge < -0.3 is 14.8 Å². The number of aromatic nitrogens is 5. The predicted octanol–water partition coefficient (Wildman–Crippen LogP) is 5.11. The average Bonchev–Trinajstić information content (AvgIpc) is 3.33. The lowest BCUT2D eigenvalue weighted by molar-refractivity contribution is 0.0527. The van der Waals surface area contributed by atoms with Gasteiger partial charge in [0, 0.05) is 10.9 Å². The summed E-state index contributed by atoms with van der Waals surface area (Å²) >= 11 is 0. The molecule has 9 nitrogen and oxygen atoms in total. The number of methoxy groups -OCH3 is 1. The van der Waals surface area contributed by atoms with Gasteiger partial charge in [0.25, 0.3) is 0 Å². The van der Waals surface area contributed by atoms with E-state index in [1.54, 1.807) is 24.8 Å². The first kappa shape index (κ1) is 23.0. The number of fused-ring (bicyclic) bond motifs is 1. The Kier molecular flexibility index (Phi) is 6.27. The lowest BCUT2D eigenvalue weighted by atomic mass is 10.1. The van der Waals surface area contributed by atoms with Crippen molar-refractivity contribution in [1.29, 1.82) is 0 Å². The van der Waals surface area contributed by atoms with Crippen LogP contribution in [0.15, 0.2) is 72.9 Å². The van der Waals surface area contributed by atoms with E-state index < -0.39 is 5.97 Å². The molecule has 0 saturated carbocycles. The van der Waals surface area contributed by atoms with Crippen LogP contribution >= 0.6 is 0 Å². The molecule has 0 atom stereocenters. The van der Waals surface area contributed by atoms with Crippen molar-refractivity contribution in [1.82, 2.24) is 25.0 Å². The van der Waals surface area contributed by atoms with Gasteiger partial charge in [0.1, 0.15) is 11.3 Å². The third-order valence-electron chi connectivity index (χ3n) is 5.69. The summed E-state index contributed by atoms with van der Waals surface area (Å²) in [6.45, 7) is 4.01. The highest BCUT2D eigenvalue weighted by Gasteiger charge is 2.21. The number of rotatable bonds is 7. The predicted molar refractivity (Wildman–Crippen MR) is 137 cm³/mol. The zero-order valence-electron chi connectivity index (χ0n) is 20.1. The van der Waals surface area contributed by atoms with Crippen LogP contribution in [0.1, 0.15) is 22.8 Å². The molecule has 1 N–H and O–H groups in total. The standard InChI is InChI=1S/C27H24N6O3/c1-4-36-27(34)21-16-28-33(25-15-17(2)20-7-5-6-8-23(20)29-25)26(21)30-24-14-13-22(31-32-24)18-9-11-19(35-3)12-10-18/h5-16H,4H2,1-3H3,(H,30,32). The van der Waals surface area contributed by atoms with Crippen LogP contribution in [0.2, 0.25) is 0 Å². The summed E-state index contributed by atoms with van der Waals surface area (Å²) in [6, 6.07) is 21.0. The molecule has 180 valence electrons. The number of hydrogen-bond acceptors (Lipinski definition) is 8. The normalized spacial score (nSPS) is 10.9. The number of nitrogens with zero attached hydrogens (tertiary/aromatic N) is 5. The first-order valence-corrected chi connectivity index (χ1v) is 11.4. The summed E-state index contributed by atoms with van der Waals surface area (Å²) in [5.74, 6) is 1.67. The van der Waals surface area contributed by atoms with Crippen LogP contribution in [0.5, 0.6) is 5.75 Å². The van der Waals surface area contributed by atoms with Crippen molar-refractivity contribution in [2.75, 3.05) is 19.0 Å². The van der Waals surface area contributed by atoms with E-state index in [2.05, 4.69) is 20.6 Å². The number of esters is 1. The summed E-state index contributed by atoms with van der Waals surface area (Å²) in [7, 11) is 1.62. The number of anilines is 2. The third kappa shape index (κ3) is 4.46. The van der Waals surface area contributed by atoms with E-state index in [0.717, 1.165) is 27.8 Å². The van der Waals surface area contributed by atoms with Gasteiger partial charge in [-0.25, -0.2) is 9.78 Å². The van der Waals surface area contributed by atoms with Gasteiger partial charge in [-0.1, -0.05) is 18.2 Å². The second-order valence-corrected chi connectivity index (χ2v) is 8.01. The maximum Gasteiger partial charge on any atom is 0.343 e. The molecule has 3 heterocycles. The molecule has 0 unspecified atom stereocenters. The minimum absolute atomic E-state index is 0.243. The molecule has 0 fully saturated rings. The summed E-state index contributed by atoms with van der Waals surface area (Å²) in [5, 5.41) is 17.3. The monoisotopic (exact) mass is 480 g/mol. The number of pyridine rings is 1. The number of hydrogen-bond donors (Lipinski definition) is 1. The zero-order chi connectivity index (χ0) is 25.1. The topological polar surface area (TPSA) is 104 Å². The van der Waals surface area contributed by atoms with E-state index in [1.807, 2.05) is 67.6 Å². The largest absolute Gasteiger partial charge is 0.497 e. The van der Waals surface area contributed by atoms with Crippen LogP contribution in [0.3, 0.4) is 0 Å². The Balaban J connectivity index is 1.52. The van der Waals surface area contributed by atoms with Crippen LogP contribution in [-0.2, 0) is 4.74 Å². The molecule has 0 saturated heterocycles. The molecular weight excluding hydrogens is 456 g/mol. The summed E-state index contributed by atoms with van der Waals surface area (Å²) < 4.78 is 12.0. The Morgan fingerprint density at radius 3 is 2.56 bits per heavy atom. The molecule has 3 aromatic heterocycles. The Morgan fingerprint density at radius 2 is 1.83 bits per heavy atom. The van der Waals surface area contributed by atoms with Crippen molar-refractivity contribution in [2.45, 2.75) is 13.8 Å². The van der Waals surface area contributed by atoms with Gasteiger partial charge >= 0.3 is 5.97 Å². The van der Waals surface area contributed by atoms with Gasteiger partial charge in [0.15, 0.2) is 17.5 Å². The van der Waals surface area contributed by atoms with Gasteiger partial charge in [-0.2, -0.15) is 9.78 Å². The van der Waals surface area contributed by atoms with E-state index in [1.165, 1.54) is 6.20 Å². The molecule has 0 aliphatic heterocycles. The lowest BCUT2D eigenvalue weighted by Gasteiger charge is -2.12. The van der Waals surface area contributed by atoms with Gasteiger partial charge in [0.05, 0.1) is 31.1 Å². The van der Waals surface area contributed by atoms with Gasteiger partial charge in [-0.05, 0) is 67.9 Å². The van der Waals surface area contributed by atoms with E-state index >= 15 is 0 Å². The van der Waals surface area contributed by atoms with Crippen LogP contribution < -0.4 is 10.1 Å². The molecule has 5 rings (SSSR count). The summed E-state index contributed by atoms with van der Waals surface area (Å²) in [5.41, 5.74) is 3.75. The van der Waals surface area contributed by atoms with Gasteiger partial charge in [-0.3, -0.25) is 0 Å². The minimum atomic E-state index is -0.494. The molecule has 0 aliphatic rings. The average molecular weight is 481 g/mol. The molecule has 9 heteroatoms. The van der Waals surface area contributed by atoms with Crippen molar-refractivity contribution >= 4 is 28.5 Å². The summed E-state index contributed by atoms with van der Waals surface area (Å²) in [4.78, 5) is 17.4. The molecule has 0 amide bonds. The number of carbonyl (C=O) groups excluding carboxylic acids is 1. The Bertz CT molecular complexity index is 1530. The molecule has 0 bridgehead atoms. The number of aryl methyl sites for hydroxylation is 1. The molecule has 36 heavy (non-hydrogen) atoms. The zero-order valence-corrected chi connectivity index (χ0v) is 20.1. The number of para-hydroxylation sites is 1. The smallest absolute Gasteiger partial charge is 0.343 e. The quantitative estimate of drug-likeness (QED) is 0.320. The van der Waals surface area contributed by atoms with Crippen molar-refractivity contribution in [2.24, 2.45) is 0 Å².